The number of aromatic nitrogens is 2. The molecule has 33 heavy (non-hydrogen) atoms. The fourth-order valence-electron chi connectivity index (χ4n) is 3.44. The Kier molecular flexibility index (Phi) is 9.03. The summed E-state index contributed by atoms with van der Waals surface area (Å²) < 4.78 is 16.1. The minimum absolute atomic E-state index is 0.176. The Balaban J connectivity index is 1.84. The Bertz CT molecular complexity index is 1120. The first-order chi connectivity index (χ1) is 16.0. The maximum Gasteiger partial charge on any atom is 0.253 e. The fraction of sp³-hybridized carbons (Fsp3) is 0.375. The van der Waals surface area contributed by atoms with Crippen LogP contribution in [0.3, 0.4) is 0 Å². The third-order valence-electron chi connectivity index (χ3n) is 5.12. The van der Waals surface area contributed by atoms with Crippen molar-refractivity contribution in [2.45, 2.75) is 26.4 Å². The van der Waals surface area contributed by atoms with Crippen LogP contribution in [0.25, 0.3) is 10.9 Å². The van der Waals surface area contributed by atoms with Gasteiger partial charge in [0.15, 0.2) is 16.6 Å². The van der Waals surface area contributed by atoms with Crippen molar-refractivity contribution in [2.75, 3.05) is 34.0 Å². The monoisotopic (exact) mass is 470 g/mol. The summed E-state index contributed by atoms with van der Waals surface area (Å²) in [7, 11) is 3.15. The highest BCUT2D eigenvalue weighted by Crippen LogP contribution is 2.31. The van der Waals surface area contributed by atoms with Gasteiger partial charge in [-0.15, -0.1) is 0 Å². The largest absolute Gasteiger partial charge is 0.493 e. The van der Waals surface area contributed by atoms with Crippen molar-refractivity contribution in [3.8, 4) is 11.5 Å². The van der Waals surface area contributed by atoms with Crippen molar-refractivity contribution in [3.63, 3.8) is 0 Å². The lowest BCUT2D eigenvalue weighted by Gasteiger charge is -2.26. The molecule has 0 aliphatic heterocycles. The van der Waals surface area contributed by atoms with Gasteiger partial charge in [-0.05, 0) is 49.3 Å². The van der Waals surface area contributed by atoms with Gasteiger partial charge in [-0.25, -0.2) is 0 Å². The van der Waals surface area contributed by atoms with E-state index in [9.17, 15) is 4.79 Å². The summed E-state index contributed by atoms with van der Waals surface area (Å²) in [5.74, 6) is 1.16. The van der Waals surface area contributed by atoms with Crippen molar-refractivity contribution < 1.29 is 14.2 Å². The number of thiocarbonyl (C=S) groups is 1. The van der Waals surface area contributed by atoms with Crippen LogP contribution in [0.5, 0.6) is 11.5 Å². The van der Waals surface area contributed by atoms with Crippen LogP contribution in [0.4, 0.5) is 0 Å². The van der Waals surface area contributed by atoms with Crippen LogP contribution in [-0.4, -0.2) is 54.0 Å². The molecule has 3 rings (SSSR count). The van der Waals surface area contributed by atoms with Crippen LogP contribution < -0.4 is 20.3 Å². The van der Waals surface area contributed by atoms with Crippen LogP contribution >= 0.6 is 12.2 Å². The lowest BCUT2D eigenvalue weighted by Crippen LogP contribution is -2.40. The maximum absolute atomic E-state index is 12.9. The predicted octanol–water partition coefficient (Wildman–Crippen LogP) is 3.24. The quantitative estimate of drug-likeness (QED) is 0.326. The van der Waals surface area contributed by atoms with E-state index in [1.165, 1.54) is 0 Å². The molecule has 176 valence electrons. The lowest BCUT2D eigenvalue weighted by atomic mass is 10.1. The highest BCUT2D eigenvalue weighted by molar-refractivity contribution is 7.80. The molecule has 0 fully saturated rings. The summed E-state index contributed by atoms with van der Waals surface area (Å²) in [4.78, 5) is 22.0. The van der Waals surface area contributed by atoms with Gasteiger partial charge in [0, 0.05) is 55.7 Å². The van der Waals surface area contributed by atoms with Crippen LogP contribution in [0.15, 0.2) is 47.5 Å². The molecule has 0 spiro atoms. The molecule has 0 saturated heterocycles. The lowest BCUT2D eigenvalue weighted by molar-refractivity contribution is 0.145. The smallest absolute Gasteiger partial charge is 0.253 e. The van der Waals surface area contributed by atoms with Gasteiger partial charge in [-0.3, -0.25) is 9.78 Å². The fourth-order valence-corrected chi connectivity index (χ4v) is 3.67. The molecule has 2 N–H and O–H groups in total. The van der Waals surface area contributed by atoms with E-state index in [2.05, 4.69) is 15.3 Å². The zero-order chi connectivity index (χ0) is 23.6. The SMILES string of the molecule is CCOCCCNC(=S)N(Cc1cccnc1)Cc1cc2cc(OC)c(OC)cc2[nH]c1=O. The molecule has 9 heteroatoms. The average Bonchev–Trinajstić information content (AvgIpc) is 2.83. The topological polar surface area (TPSA) is 88.7 Å². The molecule has 0 saturated carbocycles. The molecule has 2 aromatic heterocycles. The molecule has 3 aromatic rings. The van der Waals surface area contributed by atoms with E-state index in [1.54, 1.807) is 32.7 Å². The van der Waals surface area contributed by atoms with E-state index in [4.69, 9.17) is 26.4 Å². The van der Waals surface area contributed by atoms with Crippen molar-refractivity contribution in [2.24, 2.45) is 0 Å². The summed E-state index contributed by atoms with van der Waals surface area (Å²) >= 11 is 5.67. The highest BCUT2D eigenvalue weighted by Gasteiger charge is 2.15. The van der Waals surface area contributed by atoms with Crippen molar-refractivity contribution in [1.82, 2.24) is 20.2 Å². The Morgan fingerprint density at radius 1 is 1.18 bits per heavy atom. The molecule has 0 aliphatic rings. The summed E-state index contributed by atoms with van der Waals surface area (Å²) in [5, 5.41) is 4.70. The van der Waals surface area contributed by atoms with Gasteiger partial charge < -0.3 is 29.4 Å². The van der Waals surface area contributed by atoms with Crippen LogP contribution in [0, 0.1) is 0 Å². The van der Waals surface area contributed by atoms with E-state index in [0.29, 0.717) is 60.5 Å². The standard InChI is InChI=1S/C24H30N4O4S/c1-4-32-10-6-9-26-24(33)28(15-17-7-5-8-25-14-17)16-19-11-18-12-21(30-2)22(31-3)13-20(18)27-23(19)29/h5,7-8,11-14H,4,6,9-10,15-16H2,1-3H3,(H,26,33)(H,27,29). The van der Waals surface area contributed by atoms with Crippen LogP contribution in [0.2, 0.25) is 0 Å². The normalized spacial score (nSPS) is 10.8. The molecule has 0 aliphatic carbocycles. The van der Waals surface area contributed by atoms with Gasteiger partial charge in [0.2, 0.25) is 0 Å². The Labute approximate surface area is 198 Å². The number of H-pyrrole nitrogens is 1. The zero-order valence-electron chi connectivity index (χ0n) is 19.2. The number of nitrogens with one attached hydrogen (secondary N) is 2. The van der Waals surface area contributed by atoms with Gasteiger partial charge in [-0.2, -0.15) is 0 Å². The predicted molar refractivity (Wildman–Crippen MR) is 133 cm³/mol. The van der Waals surface area contributed by atoms with Crippen molar-refractivity contribution >= 4 is 28.2 Å². The highest BCUT2D eigenvalue weighted by atomic mass is 32.1. The summed E-state index contributed by atoms with van der Waals surface area (Å²) in [6, 6.07) is 9.35. The van der Waals surface area contributed by atoms with Crippen LogP contribution in [-0.2, 0) is 17.8 Å². The number of benzene rings is 1. The number of nitrogens with zero attached hydrogens (tertiary/aromatic N) is 2. The summed E-state index contributed by atoms with van der Waals surface area (Å²) in [6.45, 7) is 4.89. The first-order valence-corrected chi connectivity index (χ1v) is 11.2. The van der Waals surface area contributed by atoms with Crippen molar-refractivity contribution in [3.05, 3.63) is 64.2 Å². The third-order valence-corrected chi connectivity index (χ3v) is 5.52. The van der Waals surface area contributed by atoms with Gasteiger partial charge in [0.25, 0.3) is 5.56 Å². The molecule has 0 unspecified atom stereocenters. The second-order valence-electron chi connectivity index (χ2n) is 7.42. The van der Waals surface area contributed by atoms with E-state index in [1.807, 2.05) is 36.1 Å². The molecule has 0 bridgehead atoms. The number of aromatic amines is 1. The van der Waals surface area contributed by atoms with Gasteiger partial charge in [0.1, 0.15) is 0 Å². The summed E-state index contributed by atoms with van der Waals surface area (Å²) in [6.07, 6.45) is 4.37. The molecular weight excluding hydrogens is 440 g/mol. The maximum atomic E-state index is 12.9. The Morgan fingerprint density at radius 3 is 2.67 bits per heavy atom. The first kappa shape index (κ1) is 24.5. The molecular formula is C24H30N4O4S. The second kappa shape index (κ2) is 12.2. The number of fused-ring (bicyclic) bond motifs is 1. The third kappa shape index (κ3) is 6.66. The minimum atomic E-state index is -0.176. The minimum Gasteiger partial charge on any atom is -0.493 e. The van der Waals surface area contributed by atoms with Gasteiger partial charge in [0.05, 0.1) is 26.3 Å². The van der Waals surface area contributed by atoms with E-state index < -0.39 is 0 Å². The van der Waals surface area contributed by atoms with Gasteiger partial charge in [-0.1, -0.05) is 6.07 Å². The van der Waals surface area contributed by atoms with Gasteiger partial charge >= 0.3 is 0 Å². The number of ether oxygens (including phenoxy) is 3. The second-order valence-corrected chi connectivity index (χ2v) is 7.80. The van der Waals surface area contributed by atoms with E-state index in [-0.39, 0.29) is 5.56 Å². The van der Waals surface area contributed by atoms with E-state index in [0.717, 1.165) is 17.4 Å². The molecule has 0 amide bonds. The number of hydrogen-bond donors (Lipinski definition) is 2. The van der Waals surface area contributed by atoms with Crippen molar-refractivity contribution in [1.29, 1.82) is 0 Å². The molecule has 1 aromatic carbocycles. The zero-order valence-corrected chi connectivity index (χ0v) is 20.0. The Morgan fingerprint density at radius 2 is 1.97 bits per heavy atom. The average molecular weight is 471 g/mol. The molecule has 0 atom stereocenters. The number of rotatable bonds is 11. The first-order valence-electron chi connectivity index (χ1n) is 10.8. The molecule has 8 nitrogen and oxygen atoms in total. The number of hydrogen-bond acceptors (Lipinski definition) is 6. The number of pyridine rings is 2. The summed E-state index contributed by atoms with van der Waals surface area (Å²) in [5.41, 5.74) is 2.10. The van der Waals surface area contributed by atoms with Crippen LogP contribution in [0.1, 0.15) is 24.5 Å². The molecule has 0 radical (unpaired) electrons. The number of methoxy groups -OCH3 is 2. The van der Waals surface area contributed by atoms with E-state index >= 15 is 0 Å². The Hall–Kier alpha value is -3.17. The molecule has 2 heterocycles.